The summed E-state index contributed by atoms with van der Waals surface area (Å²) in [7, 11) is -3.03. The van der Waals surface area contributed by atoms with Gasteiger partial charge in [0.2, 0.25) is 0 Å². The molecule has 17 heavy (non-hydrogen) atoms. The molecule has 0 radical (unpaired) electrons. The Morgan fingerprint density at radius 1 is 1.06 bits per heavy atom. The maximum atomic E-state index is 11.9. The number of allylic oxidation sites excluding steroid dienone is 4. The molecular weight excluding hydrogens is 260 g/mol. The van der Waals surface area contributed by atoms with Gasteiger partial charge in [-0.2, -0.15) is 0 Å². The van der Waals surface area contributed by atoms with E-state index in [1.54, 1.807) is 0 Å². The molecule has 1 atom stereocenters. The smallest absolute Gasteiger partial charge is 0.193 e. The Hall–Kier alpha value is -0.0662. The zero-order valence-corrected chi connectivity index (χ0v) is 14.6. The third-order valence-corrected chi connectivity index (χ3v) is 14.7. The molecule has 0 fully saturated rings. The van der Waals surface area contributed by atoms with Crippen molar-refractivity contribution in [2.75, 3.05) is 0 Å². The van der Waals surface area contributed by atoms with Gasteiger partial charge in [0.05, 0.1) is 22.1 Å². The molecule has 1 unspecified atom stereocenters. The van der Waals surface area contributed by atoms with Gasteiger partial charge in [-0.25, -0.2) is 0 Å². The molecule has 1 rings (SSSR count). The van der Waals surface area contributed by atoms with Crippen LogP contribution in [0.15, 0.2) is 24.3 Å². The Morgan fingerprint density at radius 2 is 1.53 bits per heavy atom. The van der Waals surface area contributed by atoms with E-state index in [1.165, 1.54) is 0 Å². The minimum atomic E-state index is -1.51. The summed E-state index contributed by atoms with van der Waals surface area (Å²) >= 11 is 4.14. The summed E-state index contributed by atoms with van der Waals surface area (Å²) in [6.07, 6.45) is 8.51. The van der Waals surface area contributed by atoms with E-state index >= 15 is 0 Å². The minimum absolute atomic E-state index is 0.0236. The van der Waals surface area contributed by atoms with E-state index < -0.39 is 16.1 Å². The quantitative estimate of drug-likeness (QED) is 0.609. The third-order valence-electron chi connectivity index (χ3n) is 4.01. The zero-order chi connectivity index (χ0) is 13.5. The Kier molecular flexibility index (Phi) is 4.02. The molecule has 96 valence electrons. The first kappa shape index (κ1) is 15.0. The van der Waals surface area contributed by atoms with E-state index in [0.717, 1.165) is 0 Å². The molecule has 1 aliphatic carbocycles. The average molecular weight is 285 g/mol. The third kappa shape index (κ3) is 2.40. The second-order valence-electron chi connectivity index (χ2n) is 6.93. The number of hydrogen-bond acceptors (Lipinski definition) is 1. The van der Waals surface area contributed by atoms with Crippen LogP contribution in [-0.2, 0) is 4.79 Å². The lowest BCUT2D eigenvalue weighted by Crippen LogP contribution is -2.58. The van der Waals surface area contributed by atoms with Crippen LogP contribution in [0.2, 0.25) is 43.9 Å². The summed E-state index contributed by atoms with van der Waals surface area (Å²) in [6, 6.07) is 0. The van der Waals surface area contributed by atoms with Crippen molar-refractivity contribution in [3.05, 3.63) is 24.3 Å². The maximum absolute atomic E-state index is 11.9. The maximum Gasteiger partial charge on any atom is 0.193 e. The summed E-state index contributed by atoms with van der Waals surface area (Å²) in [5.41, 5.74) is 0. The first-order chi connectivity index (χ1) is 7.54. The Morgan fingerprint density at radius 3 is 1.82 bits per heavy atom. The molecule has 0 amide bonds. The largest absolute Gasteiger partial charge is 0.287 e. The van der Waals surface area contributed by atoms with Crippen molar-refractivity contribution in [3.8, 4) is 0 Å². The second kappa shape index (κ2) is 4.55. The van der Waals surface area contributed by atoms with Gasteiger partial charge in [-0.1, -0.05) is 63.6 Å². The van der Waals surface area contributed by atoms with Crippen LogP contribution in [0.4, 0.5) is 0 Å². The van der Waals surface area contributed by atoms with Crippen molar-refractivity contribution < 1.29 is 4.79 Å². The fraction of sp³-hybridized carbons (Fsp3) is 0.615. The lowest BCUT2D eigenvalue weighted by Gasteiger charge is -2.54. The van der Waals surface area contributed by atoms with Crippen LogP contribution in [0.5, 0.6) is 0 Å². The number of hydrogen-bond donors (Lipinski definition) is 1. The molecule has 0 N–H and O–H groups in total. The normalized spacial score (nSPS) is 23.8. The van der Waals surface area contributed by atoms with Crippen molar-refractivity contribution in [1.29, 1.82) is 0 Å². The molecule has 1 aliphatic rings. The van der Waals surface area contributed by atoms with Gasteiger partial charge in [-0.15, -0.1) is 12.6 Å². The van der Waals surface area contributed by atoms with E-state index in [-0.39, 0.29) is 15.7 Å². The molecule has 0 bridgehead atoms. The monoisotopic (exact) mass is 284 g/mol. The molecule has 0 aromatic carbocycles. The van der Waals surface area contributed by atoms with Crippen LogP contribution >= 0.6 is 12.6 Å². The highest BCUT2D eigenvalue weighted by Crippen LogP contribution is 2.56. The number of carbonyl (C=O) groups excluding carboxylic acids is 1. The van der Waals surface area contributed by atoms with Crippen LogP contribution in [0.3, 0.4) is 0 Å². The van der Waals surface area contributed by atoms with Crippen molar-refractivity contribution in [3.63, 3.8) is 0 Å². The highest BCUT2D eigenvalue weighted by Gasteiger charge is 2.56. The Bertz CT molecular complexity index is 358. The van der Waals surface area contributed by atoms with Crippen LogP contribution in [0.1, 0.15) is 0 Å². The number of rotatable bonds is 3. The van der Waals surface area contributed by atoms with Crippen molar-refractivity contribution in [2.45, 2.75) is 43.9 Å². The number of thiol groups is 1. The Balaban J connectivity index is 3.47. The van der Waals surface area contributed by atoms with Crippen LogP contribution in [0.25, 0.3) is 0 Å². The van der Waals surface area contributed by atoms with Gasteiger partial charge in [0.1, 0.15) is 0 Å². The van der Waals surface area contributed by atoms with Crippen LogP contribution < -0.4 is 0 Å². The summed E-state index contributed by atoms with van der Waals surface area (Å²) < 4.78 is 0.0770. The van der Waals surface area contributed by atoms with Gasteiger partial charge in [0.25, 0.3) is 0 Å². The zero-order valence-electron chi connectivity index (χ0n) is 11.7. The summed E-state index contributed by atoms with van der Waals surface area (Å²) in [5, 5.41) is 0.0236. The molecule has 0 aliphatic heterocycles. The van der Waals surface area contributed by atoms with E-state index in [4.69, 9.17) is 0 Å². The van der Waals surface area contributed by atoms with Crippen molar-refractivity contribution in [1.82, 2.24) is 0 Å². The fourth-order valence-electron chi connectivity index (χ4n) is 3.47. The fourth-order valence-corrected chi connectivity index (χ4v) is 16.5. The molecule has 0 heterocycles. The van der Waals surface area contributed by atoms with E-state index in [9.17, 15) is 4.79 Å². The van der Waals surface area contributed by atoms with Gasteiger partial charge in [0.15, 0.2) is 5.12 Å². The van der Waals surface area contributed by atoms with E-state index in [1.807, 2.05) is 6.08 Å². The summed E-state index contributed by atoms with van der Waals surface area (Å²) in [6.45, 7) is 14.2. The van der Waals surface area contributed by atoms with Crippen molar-refractivity contribution in [2.24, 2.45) is 5.92 Å². The molecule has 0 spiro atoms. The average Bonchev–Trinajstić information content (AvgIpc) is 2.14. The molecule has 1 nitrogen and oxygen atoms in total. The van der Waals surface area contributed by atoms with Gasteiger partial charge < -0.3 is 0 Å². The van der Waals surface area contributed by atoms with Gasteiger partial charge in [0, 0.05) is 0 Å². The standard InChI is InChI=1S/C13H24OSSi2/c1-16(2,3)13(17(4,5)6)10-8-7-9-11(13)12(14)15/h7-11H,1-6H3,(H,14,15). The van der Waals surface area contributed by atoms with Crippen LogP contribution in [0, 0.1) is 5.92 Å². The van der Waals surface area contributed by atoms with E-state index in [0.29, 0.717) is 0 Å². The first-order valence-corrected chi connectivity index (χ1v) is 13.6. The number of carbonyl (C=O) groups is 1. The molecule has 0 saturated carbocycles. The van der Waals surface area contributed by atoms with Crippen molar-refractivity contribution >= 4 is 33.9 Å². The molecular formula is C13H24OSSi2. The predicted molar refractivity (Wildman–Crippen MR) is 85.1 cm³/mol. The first-order valence-electron chi connectivity index (χ1n) is 6.13. The lowest BCUT2D eigenvalue weighted by molar-refractivity contribution is -0.113. The highest BCUT2D eigenvalue weighted by molar-refractivity contribution is 7.96. The van der Waals surface area contributed by atoms with Gasteiger partial charge in [-0.3, -0.25) is 4.79 Å². The minimum Gasteiger partial charge on any atom is -0.287 e. The Labute approximate surface area is 113 Å². The van der Waals surface area contributed by atoms with Crippen LogP contribution in [-0.4, -0.2) is 21.3 Å². The molecule has 0 saturated heterocycles. The molecule has 4 heteroatoms. The topological polar surface area (TPSA) is 17.1 Å². The second-order valence-corrected chi connectivity index (χ2v) is 18.5. The van der Waals surface area contributed by atoms with Gasteiger partial charge in [-0.05, 0) is 4.66 Å². The summed E-state index contributed by atoms with van der Waals surface area (Å²) in [4.78, 5) is 11.9. The summed E-state index contributed by atoms with van der Waals surface area (Å²) in [5.74, 6) is -0.0332. The SMILES string of the molecule is C[Si](C)(C)C1([Si](C)(C)C)C=CC=CC1C(=O)S. The van der Waals surface area contributed by atoms with E-state index in [2.05, 4.69) is 70.1 Å². The predicted octanol–water partition coefficient (Wildman–Crippen LogP) is 4.14. The molecule has 0 aromatic rings. The molecule has 0 aromatic heterocycles. The lowest BCUT2D eigenvalue weighted by atomic mass is 10.0. The van der Waals surface area contributed by atoms with Gasteiger partial charge >= 0.3 is 0 Å². The highest BCUT2D eigenvalue weighted by atomic mass is 32.1.